The Kier molecular flexibility index (Phi) is 5.79. The standard InChI is InChI=1S/C14H28N4/c1-6-7-8-9-14(3,4)11-15-10-13-17-16-12(2)18(13)5/h15H,6-11H2,1-5H3. The lowest BCUT2D eigenvalue weighted by Crippen LogP contribution is -2.29. The Balaban J connectivity index is 2.30. The average Bonchev–Trinajstić information content (AvgIpc) is 2.61. The Morgan fingerprint density at radius 1 is 1.22 bits per heavy atom. The van der Waals surface area contributed by atoms with E-state index in [4.69, 9.17) is 0 Å². The van der Waals surface area contributed by atoms with Crippen LogP contribution >= 0.6 is 0 Å². The molecule has 0 amide bonds. The predicted octanol–water partition coefficient (Wildman–Crippen LogP) is 2.82. The zero-order valence-electron chi connectivity index (χ0n) is 12.6. The zero-order valence-corrected chi connectivity index (χ0v) is 12.6. The van der Waals surface area contributed by atoms with E-state index in [-0.39, 0.29) is 0 Å². The minimum Gasteiger partial charge on any atom is -0.317 e. The van der Waals surface area contributed by atoms with Crippen LogP contribution in [0.1, 0.15) is 58.1 Å². The van der Waals surface area contributed by atoms with Crippen molar-refractivity contribution in [1.82, 2.24) is 20.1 Å². The van der Waals surface area contributed by atoms with Gasteiger partial charge in [-0.25, -0.2) is 0 Å². The molecule has 0 saturated carbocycles. The third-order valence-electron chi connectivity index (χ3n) is 3.53. The third kappa shape index (κ3) is 4.77. The highest BCUT2D eigenvalue weighted by molar-refractivity contribution is 4.92. The quantitative estimate of drug-likeness (QED) is 0.723. The van der Waals surface area contributed by atoms with Gasteiger partial charge in [0.2, 0.25) is 0 Å². The summed E-state index contributed by atoms with van der Waals surface area (Å²) in [4.78, 5) is 0. The van der Waals surface area contributed by atoms with Crippen LogP contribution in [-0.4, -0.2) is 21.3 Å². The molecule has 4 heteroatoms. The highest BCUT2D eigenvalue weighted by atomic mass is 15.3. The van der Waals surface area contributed by atoms with Gasteiger partial charge in [-0.2, -0.15) is 0 Å². The van der Waals surface area contributed by atoms with Crippen molar-refractivity contribution in [2.45, 2.75) is 59.9 Å². The van der Waals surface area contributed by atoms with Crippen molar-refractivity contribution in [2.75, 3.05) is 6.54 Å². The molecule has 104 valence electrons. The highest BCUT2D eigenvalue weighted by Gasteiger charge is 2.17. The number of unbranched alkanes of at least 4 members (excludes halogenated alkanes) is 2. The molecule has 0 atom stereocenters. The van der Waals surface area contributed by atoms with Gasteiger partial charge in [0, 0.05) is 13.6 Å². The predicted molar refractivity (Wildman–Crippen MR) is 75.4 cm³/mol. The second-order valence-electron chi connectivity index (χ2n) is 5.95. The summed E-state index contributed by atoms with van der Waals surface area (Å²) in [5, 5.41) is 11.7. The monoisotopic (exact) mass is 252 g/mol. The summed E-state index contributed by atoms with van der Waals surface area (Å²) in [6, 6.07) is 0. The Morgan fingerprint density at radius 2 is 1.94 bits per heavy atom. The van der Waals surface area contributed by atoms with Crippen molar-refractivity contribution >= 4 is 0 Å². The van der Waals surface area contributed by atoms with Gasteiger partial charge in [0.1, 0.15) is 11.6 Å². The molecule has 1 N–H and O–H groups in total. The van der Waals surface area contributed by atoms with Gasteiger partial charge in [0.05, 0.1) is 6.54 Å². The minimum absolute atomic E-state index is 0.364. The second kappa shape index (κ2) is 6.88. The van der Waals surface area contributed by atoms with Gasteiger partial charge in [-0.15, -0.1) is 10.2 Å². The Morgan fingerprint density at radius 3 is 2.50 bits per heavy atom. The maximum absolute atomic E-state index is 4.16. The summed E-state index contributed by atoms with van der Waals surface area (Å²) >= 11 is 0. The molecule has 18 heavy (non-hydrogen) atoms. The van der Waals surface area contributed by atoms with Crippen LogP contribution < -0.4 is 5.32 Å². The number of aromatic nitrogens is 3. The summed E-state index contributed by atoms with van der Waals surface area (Å²) in [5.74, 6) is 1.98. The lowest BCUT2D eigenvalue weighted by atomic mass is 9.87. The molecule has 0 spiro atoms. The van der Waals surface area contributed by atoms with Gasteiger partial charge >= 0.3 is 0 Å². The molecule has 0 aliphatic heterocycles. The van der Waals surface area contributed by atoms with E-state index in [1.54, 1.807) is 0 Å². The van der Waals surface area contributed by atoms with E-state index in [1.165, 1.54) is 25.7 Å². The fourth-order valence-corrected chi connectivity index (χ4v) is 2.06. The van der Waals surface area contributed by atoms with Crippen LogP contribution in [0.2, 0.25) is 0 Å². The molecule has 0 aliphatic rings. The smallest absolute Gasteiger partial charge is 0.146 e. The van der Waals surface area contributed by atoms with Crippen molar-refractivity contribution in [3.05, 3.63) is 11.6 Å². The molecule has 0 fully saturated rings. The summed E-state index contributed by atoms with van der Waals surface area (Å²) in [7, 11) is 2.01. The van der Waals surface area contributed by atoms with E-state index in [0.717, 1.165) is 24.7 Å². The maximum Gasteiger partial charge on any atom is 0.146 e. The molecule has 0 aromatic carbocycles. The first-order valence-electron chi connectivity index (χ1n) is 7.02. The first-order valence-corrected chi connectivity index (χ1v) is 7.02. The third-order valence-corrected chi connectivity index (χ3v) is 3.53. The fraction of sp³-hybridized carbons (Fsp3) is 0.857. The first kappa shape index (κ1) is 15.2. The van der Waals surface area contributed by atoms with Crippen molar-refractivity contribution < 1.29 is 0 Å². The number of aryl methyl sites for hydroxylation is 1. The number of nitrogens with zero attached hydrogens (tertiary/aromatic N) is 3. The van der Waals surface area contributed by atoms with E-state index in [9.17, 15) is 0 Å². The molecule has 1 heterocycles. The Bertz CT molecular complexity index is 355. The lowest BCUT2D eigenvalue weighted by Gasteiger charge is -2.25. The summed E-state index contributed by atoms with van der Waals surface area (Å²) in [6.07, 6.45) is 5.24. The van der Waals surface area contributed by atoms with Gasteiger partial charge in [-0.1, -0.05) is 40.0 Å². The van der Waals surface area contributed by atoms with Crippen LogP contribution in [0.4, 0.5) is 0 Å². The number of hydrogen-bond acceptors (Lipinski definition) is 3. The van der Waals surface area contributed by atoms with Crippen LogP contribution in [0.25, 0.3) is 0 Å². The van der Waals surface area contributed by atoms with Crippen LogP contribution in [0.5, 0.6) is 0 Å². The average molecular weight is 252 g/mol. The van der Waals surface area contributed by atoms with Gasteiger partial charge in [-0.05, 0) is 18.8 Å². The molecule has 0 saturated heterocycles. The second-order valence-corrected chi connectivity index (χ2v) is 5.95. The van der Waals surface area contributed by atoms with Crippen LogP contribution in [0, 0.1) is 12.3 Å². The normalized spacial score (nSPS) is 12.1. The largest absolute Gasteiger partial charge is 0.317 e. The van der Waals surface area contributed by atoms with E-state index in [1.807, 2.05) is 18.5 Å². The molecule has 0 radical (unpaired) electrons. The lowest BCUT2D eigenvalue weighted by molar-refractivity contribution is 0.300. The molecule has 1 aromatic heterocycles. The SMILES string of the molecule is CCCCCC(C)(C)CNCc1nnc(C)n1C. The van der Waals surface area contributed by atoms with Crippen molar-refractivity contribution in [3.63, 3.8) is 0 Å². The van der Waals surface area contributed by atoms with Gasteiger partial charge < -0.3 is 9.88 Å². The van der Waals surface area contributed by atoms with E-state index < -0.39 is 0 Å². The minimum atomic E-state index is 0.364. The summed E-state index contributed by atoms with van der Waals surface area (Å²) < 4.78 is 2.04. The van der Waals surface area contributed by atoms with Gasteiger partial charge in [0.15, 0.2) is 0 Å². The highest BCUT2D eigenvalue weighted by Crippen LogP contribution is 2.22. The molecular formula is C14H28N4. The molecule has 0 bridgehead atoms. The van der Waals surface area contributed by atoms with Crippen LogP contribution in [0.15, 0.2) is 0 Å². The van der Waals surface area contributed by atoms with Crippen LogP contribution in [-0.2, 0) is 13.6 Å². The first-order chi connectivity index (χ1) is 8.46. The molecule has 1 rings (SSSR count). The van der Waals surface area contributed by atoms with Gasteiger partial charge in [0.25, 0.3) is 0 Å². The van der Waals surface area contributed by atoms with Crippen molar-refractivity contribution in [2.24, 2.45) is 12.5 Å². The van der Waals surface area contributed by atoms with Gasteiger partial charge in [-0.3, -0.25) is 0 Å². The molecule has 0 aliphatic carbocycles. The summed E-state index contributed by atoms with van der Waals surface area (Å²) in [6.45, 7) is 10.7. The fourth-order valence-electron chi connectivity index (χ4n) is 2.06. The molecule has 4 nitrogen and oxygen atoms in total. The Hall–Kier alpha value is -0.900. The number of hydrogen-bond donors (Lipinski definition) is 1. The number of nitrogens with one attached hydrogen (secondary N) is 1. The van der Waals surface area contributed by atoms with Crippen LogP contribution in [0.3, 0.4) is 0 Å². The molecular weight excluding hydrogens is 224 g/mol. The van der Waals surface area contributed by atoms with E-state index >= 15 is 0 Å². The maximum atomic E-state index is 4.16. The summed E-state index contributed by atoms with van der Waals surface area (Å²) in [5.41, 5.74) is 0.364. The topological polar surface area (TPSA) is 42.7 Å². The van der Waals surface area contributed by atoms with Crippen molar-refractivity contribution in [1.29, 1.82) is 0 Å². The van der Waals surface area contributed by atoms with E-state index in [2.05, 4.69) is 36.3 Å². The zero-order chi connectivity index (χ0) is 13.6. The number of rotatable bonds is 8. The van der Waals surface area contributed by atoms with E-state index in [0.29, 0.717) is 5.41 Å². The molecule has 1 aromatic rings. The molecule has 0 unspecified atom stereocenters. The Labute approximate surface area is 111 Å². The van der Waals surface area contributed by atoms with Crippen molar-refractivity contribution in [3.8, 4) is 0 Å².